The number of hydrogen-bond donors (Lipinski definition) is 1. The van der Waals surface area contributed by atoms with Crippen molar-refractivity contribution in [3.05, 3.63) is 35.9 Å². The van der Waals surface area contributed by atoms with Gasteiger partial charge in [0, 0.05) is 38.1 Å². The van der Waals surface area contributed by atoms with Crippen LogP contribution in [0.2, 0.25) is 0 Å². The second-order valence-electron chi connectivity index (χ2n) is 6.05. The number of nitrogens with one attached hydrogen (secondary N) is 1. The topological polar surface area (TPSA) is 47.7 Å². The smallest absolute Gasteiger partial charge is 0.0762 e. The van der Waals surface area contributed by atoms with Gasteiger partial charge in [-0.25, -0.2) is 0 Å². The zero-order valence-electron chi connectivity index (χ0n) is 13.6. The minimum Gasteiger partial charge on any atom is -0.305 e. The zero-order chi connectivity index (χ0) is 15.2. The predicted molar refractivity (Wildman–Crippen MR) is 84.8 cm³/mol. The molecule has 2 aromatic rings. The predicted octanol–water partition coefficient (Wildman–Crippen LogP) is 3.00. The number of nitrogens with zero attached hydrogens (tertiary/aromatic N) is 4. The summed E-state index contributed by atoms with van der Waals surface area (Å²) < 4.78 is 4.12. The normalized spacial score (nSPS) is 13.0. The largest absolute Gasteiger partial charge is 0.305 e. The van der Waals surface area contributed by atoms with Crippen LogP contribution in [0.25, 0.3) is 0 Å². The molecule has 5 nitrogen and oxygen atoms in total. The summed E-state index contributed by atoms with van der Waals surface area (Å²) in [5, 5.41) is 12.4. The van der Waals surface area contributed by atoms with Gasteiger partial charge < -0.3 is 5.32 Å². The van der Waals surface area contributed by atoms with Gasteiger partial charge in [0.05, 0.1) is 11.4 Å². The van der Waals surface area contributed by atoms with E-state index in [1.165, 1.54) is 5.69 Å². The maximum atomic E-state index is 4.57. The number of rotatable bonds is 8. The van der Waals surface area contributed by atoms with Gasteiger partial charge in [0.15, 0.2) is 0 Å². The molecule has 0 fully saturated rings. The first kappa shape index (κ1) is 15.8. The minimum absolute atomic E-state index is 0.446. The summed E-state index contributed by atoms with van der Waals surface area (Å²) in [5.41, 5.74) is 2.32. The van der Waals surface area contributed by atoms with Crippen molar-refractivity contribution in [3.63, 3.8) is 0 Å². The molecule has 5 heteroatoms. The number of hydrogen-bond acceptors (Lipinski definition) is 3. The van der Waals surface area contributed by atoms with E-state index in [9.17, 15) is 0 Å². The van der Waals surface area contributed by atoms with Gasteiger partial charge in [0.1, 0.15) is 0 Å². The fourth-order valence-corrected chi connectivity index (χ4v) is 2.34. The lowest BCUT2D eigenvalue weighted by Crippen LogP contribution is -2.18. The molecule has 116 valence electrons. The highest BCUT2D eigenvalue weighted by Crippen LogP contribution is 2.12. The van der Waals surface area contributed by atoms with Crippen molar-refractivity contribution >= 4 is 0 Å². The molecule has 1 N–H and O–H groups in total. The summed E-state index contributed by atoms with van der Waals surface area (Å²) in [6.45, 7) is 11.4. The summed E-state index contributed by atoms with van der Waals surface area (Å²) in [6, 6.07) is 4.61. The summed E-state index contributed by atoms with van der Waals surface area (Å²) in [4.78, 5) is 0. The first-order valence-corrected chi connectivity index (χ1v) is 7.85. The molecule has 0 bridgehead atoms. The van der Waals surface area contributed by atoms with Gasteiger partial charge in [0.2, 0.25) is 0 Å². The minimum atomic E-state index is 0.446. The summed E-state index contributed by atoms with van der Waals surface area (Å²) in [6.07, 6.45) is 5.02. The van der Waals surface area contributed by atoms with Crippen molar-refractivity contribution in [2.24, 2.45) is 5.92 Å². The molecule has 2 rings (SSSR count). The van der Waals surface area contributed by atoms with Crippen LogP contribution in [0, 0.1) is 5.92 Å². The highest BCUT2D eigenvalue weighted by Gasteiger charge is 2.08. The van der Waals surface area contributed by atoms with Crippen molar-refractivity contribution in [1.82, 2.24) is 24.9 Å². The van der Waals surface area contributed by atoms with Gasteiger partial charge in [0.25, 0.3) is 0 Å². The molecule has 0 aliphatic heterocycles. The van der Waals surface area contributed by atoms with E-state index in [0.717, 1.165) is 31.7 Å². The monoisotopic (exact) mass is 289 g/mol. The maximum absolute atomic E-state index is 4.57. The van der Waals surface area contributed by atoms with Crippen LogP contribution in [0.15, 0.2) is 24.5 Å². The number of aromatic nitrogens is 4. The van der Waals surface area contributed by atoms with Gasteiger partial charge in [-0.2, -0.15) is 10.2 Å². The Kier molecular flexibility index (Phi) is 5.56. The third-order valence-electron chi connectivity index (χ3n) is 3.62. The molecule has 2 heterocycles. The van der Waals surface area contributed by atoms with E-state index >= 15 is 0 Å². The van der Waals surface area contributed by atoms with E-state index in [1.807, 2.05) is 10.9 Å². The molecular formula is C16H27N5. The van der Waals surface area contributed by atoms with Crippen molar-refractivity contribution in [2.75, 3.05) is 0 Å². The molecule has 0 aromatic carbocycles. The van der Waals surface area contributed by atoms with Crippen LogP contribution < -0.4 is 5.32 Å². The first-order valence-electron chi connectivity index (χ1n) is 7.85. The van der Waals surface area contributed by atoms with E-state index in [-0.39, 0.29) is 0 Å². The molecule has 1 atom stereocenters. The van der Waals surface area contributed by atoms with Crippen LogP contribution in [0.5, 0.6) is 0 Å². The van der Waals surface area contributed by atoms with Gasteiger partial charge >= 0.3 is 0 Å². The Morgan fingerprint density at radius 3 is 2.71 bits per heavy atom. The Bertz CT molecular complexity index is 540. The zero-order valence-corrected chi connectivity index (χ0v) is 13.6. The Balaban J connectivity index is 1.84. The van der Waals surface area contributed by atoms with Crippen molar-refractivity contribution < 1.29 is 0 Å². The van der Waals surface area contributed by atoms with Crippen LogP contribution >= 0.6 is 0 Å². The molecule has 0 aliphatic rings. The molecule has 2 aromatic heterocycles. The van der Waals surface area contributed by atoms with E-state index in [2.05, 4.69) is 66.2 Å². The Morgan fingerprint density at radius 1 is 1.19 bits per heavy atom. The summed E-state index contributed by atoms with van der Waals surface area (Å²) >= 11 is 0. The first-order chi connectivity index (χ1) is 10.1. The lowest BCUT2D eigenvalue weighted by Gasteiger charge is -2.13. The summed E-state index contributed by atoms with van der Waals surface area (Å²) in [5.74, 6) is 0.621. The Hall–Kier alpha value is -1.62. The van der Waals surface area contributed by atoms with E-state index in [1.54, 1.807) is 0 Å². The third-order valence-corrected chi connectivity index (χ3v) is 3.62. The van der Waals surface area contributed by atoms with Gasteiger partial charge in [-0.3, -0.25) is 9.36 Å². The highest BCUT2D eigenvalue weighted by molar-refractivity contribution is 5.03. The van der Waals surface area contributed by atoms with Gasteiger partial charge in [-0.15, -0.1) is 0 Å². The Morgan fingerprint density at radius 2 is 2.00 bits per heavy atom. The van der Waals surface area contributed by atoms with Crippen molar-refractivity contribution in [2.45, 2.75) is 59.8 Å². The standard InChI is InChI=1S/C16H27N5/c1-5-14(4)21-16(6-8-18-21)11-17-10-15-7-9-20(19-15)12-13(2)3/h6-9,13-14,17H,5,10-12H2,1-4H3/t14-/m1/s1. The lowest BCUT2D eigenvalue weighted by atomic mass is 10.2. The maximum Gasteiger partial charge on any atom is 0.0762 e. The Labute approximate surface area is 127 Å². The SMILES string of the molecule is CC[C@@H](C)n1nccc1CNCc1ccn(CC(C)C)n1. The fraction of sp³-hybridized carbons (Fsp3) is 0.625. The van der Waals surface area contributed by atoms with Gasteiger partial charge in [-0.1, -0.05) is 20.8 Å². The molecule has 0 spiro atoms. The lowest BCUT2D eigenvalue weighted by molar-refractivity contribution is 0.450. The molecule has 0 unspecified atom stereocenters. The van der Waals surface area contributed by atoms with E-state index in [4.69, 9.17) is 0 Å². The third kappa shape index (κ3) is 4.43. The molecule has 0 radical (unpaired) electrons. The second-order valence-corrected chi connectivity index (χ2v) is 6.05. The van der Waals surface area contributed by atoms with Crippen LogP contribution in [0.4, 0.5) is 0 Å². The van der Waals surface area contributed by atoms with E-state index < -0.39 is 0 Å². The van der Waals surface area contributed by atoms with Crippen molar-refractivity contribution in [3.8, 4) is 0 Å². The van der Waals surface area contributed by atoms with Crippen LogP contribution in [0.1, 0.15) is 51.5 Å². The van der Waals surface area contributed by atoms with Crippen molar-refractivity contribution in [1.29, 1.82) is 0 Å². The van der Waals surface area contributed by atoms with Crippen LogP contribution in [-0.4, -0.2) is 19.6 Å². The average molecular weight is 289 g/mol. The fourth-order valence-electron chi connectivity index (χ4n) is 2.34. The van der Waals surface area contributed by atoms with Gasteiger partial charge in [-0.05, 0) is 31.4 Å². The second kappa shape index (κ2) is 7.41. The van der Waals surface area contributed by atoms with Crippen LogP contribution in [0.3, 0.4) is 0 Å². The molecule has 0 amide bonds. The van der Waals surface area contributed by atoms with E-state index in [0.29, 0.717) is 12.0 Å². The molecule has 0 aliphatic carbocycles. The molecular weight excluding hydrogens is 262 g/mol. The molecule has 0 saturated carbocycles. The quantitative estimate of drug-likeness (QED) is 0.812. The summed E-state index contributed by atoms with van der Waals surface area (Å²) in [7, 11) is 0. The van der Waals surface area contributed by atoms with Crippen LogP contribution in [-0.2, 0) is 19.6 Å². The molecule has 0 saturated heterocycles. The molecule has 21 heavy (non-hydrogen) atoms. The average Bonchev–Trinajstić information content (AvgIpc) is 3.07. The highest BCUT2D eigenvalue weighted by atomic mass is 15.3.